The number of likely N-dealkylation sites (N-methyl/N-ethyl adjacent to an activating group) is 1. The van der Waals surface area contributed by atoms with Crippen molar-refractivity contribution in [3.8, 4) is 0 Å². The summed E-state index contributed by atoms with van der Waals surface area (Å²) >= 11 is 0. The summed E-state index contributed by atoms with van der Waals surface area (Å²) in [6.45, 7) is 2.28. The number of anilines is 1. The first-order valence-electron chi connectivity index (χ1n) is 4.88. The van der Waals surface area contributed by atoms with Gasteiger partial charge in [-0.05, 0) is 6.42 Å². The molecule has 1 aromatic rings. The summed E-state index contributed by atoms with van der Waals surface area (Å²) in [4.78, 5) is 20.9. The van der Waals surface area contributed by atoms with E-state index in [-0.39, 0.29) is 12.5 Å². The Hall–Kier alpha value is -1.65. The van der Waals surface area contributed by atoms with E-state index in [9.17, 15) is 4.79 Å². The van der Waals surface area contributed by atoms with Gasteiger partial charge < -0.3 is 10.2 Å². The molecule has 0 radical (unpaired) electrons. The van der Waals surface area contributed by atoms with Gasteiger partial charge in [-0.3, -0.25) is 4.79 Å². The molecule has 1 amide bonds. The van der Waals surface area contributed by atoms with Gasteiger partial charge in [0.05, 0.1) is 6.54 Å². The number of carbonyl (C=O) groups excluding carboxylic acids is 1. The molecule has 1 N–H and O–H groups in total. The highest BCUT2D eigenvalue weighted by Crippen LogP contribution is 2.03. The number of hydrogen-bond donors (Lipinski definition) is 1. The van der Waals surface area contributed by atoms with Gasteiger partial charge in [0.15, 0.2) is 0 Å². The topological polar surface area (TPSA) is 58.1 Å². The predicted octanol–water partition coefficient (Wildman–Crippen LogP) is 0.539. The third-order valence-corrected chi connectivity index (χ3v) is 2.01. The highest BCUT2D eigenvalue weighted by molar-refractivity contribution is 5.79. The molecule has 0 saturated carbocycles. The molecule has 15 heavy (non-hydrogen) atoms. The van der Waals surface area contributed by atoms with Gasteiger partial charge >= 0.3 is 0 Å². The molecule has 0 aliphatic carbocycles. The summed E-state index contributed by atoms with van der Waals surface area (Å²) in [5, 5.41) is 2.96. The van der Waals surface area contributed by atoms with E-state index in [0.717, 1.165) is 12.1 Å². The van der Waals surface area contributed by atoms with Gasteiger partial charge in [0.25, 0.3) is 0 Å². The lowest BCUT2D eigenvalue weighted by Crippen LogP contribution is -2.28. The number of rotatable bonds is 4. The van der Waals surface area contributed by atoms with Crippen molar-refractivity contribution < 1.29 is 4.79 Å². The molecular formula is C10H16N4O. The first kappa shape index (κ1) is 11.4. The van der Waals surface area contributed by atoms with Crippen LogP contribution in [0.25, 0.3) is 0 Å². The van der Waals surface area contributed by atoms with Gasteiger partial charge in [0.1, 0.15) is 12.1 Å². The van der Waals surface area contributed by atoms with Crippen molar-refractivity contribution in [2.45, 2.75) is 13.3 Å². The second-order valence-corrected chi connectivity index (χ2v) is 3.39. The van der Waals surface area contributed by atoms with Crippen LogP contribution in [0.5, 0.6) is 0 Å². The Labute approximate surface area is 89.5 Å². The fourth-order valence-corrected chi connectivity index (χ4v) is 1.01. The van der Waals surface area contributed by atoms with Crippen LogP contribution in [0, 0.1) is 0 Å². The lowest BCUT2D eigenvalue weighted by Gasteiger charge is -2.11. The molecule has 0 aliphatic heterocycles. The maximum atomic E-state index is 11.3. The molecular weight excluding hydrogens is 192 g/mol. The van der Waals surface area contributed by atoms with Crippen LogP contribution in [-0.4, -0.2) is 41.4 Å². The third kappa shape index (κ3) is 3.53. The van der Waals surface area contributed by atoms with Gasteiger partial charge in [-0.15, -0.1) is 0 Å². The summed E-state index contributed by atoms with van der Waals surface area (Å²) in [6.07, 6.45) is 2.36. The van der Waals surface area contributed by atoms with E-state index in [1.807, 2.05) is 13.0 Å². The number of aryl methyl sites for hydroxylation is 1. The zero-order valence-corrected chi connectivity index (χ0v) is 9.32. The Morgan fingerprint density at radius 3 is 2.80 bits per heavy atom. The van der Waals surface area contributed by atoms with Crippen molar-refractivity contribution in [2.24, 2.45) is 0 Å². The molecule has 0 aliphatic rings. The number of hydrogen-bond acceptors (Lipinski definition) is 4. The van der Waals surface area contributed by atoms with Gasteiger partial charge in [-0.25, -0.2) is 9.97 Å². The molecule has 0 spiro atoms. The Morgan fingerprint density at radius 2 is 2.20 bits per heavy atom. The van der Waals surface area contributed by atoms with E-state index in [4.69, 9.17) is 0 Å². The second kappa shape index (κ2) is 5.29. The smallest absolute Gasteiger partial charge is 0.241 e. The lowest BCUT2D eigenvalue weighted by atomic mass is 10.3. The second-order valence-electron chi connectivity index (χ2n) is 3.39. The zero-order valence-electron chi connectivity index (χ0n) is 9.32. The number of nitrogens with one attached hydrogen (secondary N) is 1. The molecule has 82 valence electrons. The molecule has 1 heterocycles. The Kier molecular flexibility index (Phi) is 4.03. The molecule has 1 rings (SSSR count). The molecule has 0 unspecified atom stereocenters. The van der Waals surface area contributed by atoms with Crippen molar-refractivity contribution in [1.82, 2.24) is 14.9 Å². The molecule has 0 fully saturated rings. The van der Waals surface area contributed by atoms with Crippen molar-refractivity contribution in [3.05, 3.63) is 18.1 Å². The van der Waals surface area contributed by atoms with Crippen molar-refractivity contribution in [3.63, 3.8) is 0 Å². The lowest BCUT2D eigenvalue weighted by molar-refractivity contribution is -0.126. The number of amides is 1. The highest BCUT2D eigenvalue weighted by atomic mass is 16.2. The maximum Gasteiger partial charge on any atom is 0.241 e. The fourth-order valence-electron chi connectivity index (χ4n) is 1.01. The average Bonchev–Trinajstić information content (AvgIpc) is 2.26. The number of carbonyl (C=O) groups is 1. The van der Waals surface area contributed by atoms with Crippen LogP contribution in [0.4, 0.5) is 5.82 Å². The summed E-state index contributed by atoms with van der Waals surface area (Å²) < 4.78 is 0. The van der Waals surface area contributed by atoms with Crippen LogP contribution >= 0.6 is 0 Å². The minimum atomic E-state index is 0.0201. The van der Waals surface area contributed by atoms with Gasteiger partial charge in [-0.1, -0.05) is 6.92 Å². The van der Waals surface area contributed by atoms with E-state index in [2.05, 4.69) is 15.3 Å². The zero-order chi connectivity index (χ0) is 11.3. The molecule has 5 nitrogen and oxygen atoms in total. The Balaban J connectivity index is 2.54. The van der Waals surface area contributed by atoms with Crippen LogP contribution in [0.2, 0.25) is 0 Å². The highest BCUT2D eigenvalue weighted by Gasteiger charge is 2.03. The molecule has 5 heteroatoms. The summed E-state index contributed by atoms with van der Waals surface area (Å²) in [5.74, 6) is 0.712. The summed E-state index contributed by atoms with van der Waals surface area (Å²) in [5.41, 5.74) is 0.963. The first-order valence-corrected chi connectivity index (χ1v) is 4.88. The molecule has 0 aromatic carbocycles. The van der Waals surface area contributed by atoms with E-state index < -0.39 is 0 Å². The Morgan fingerprint density at radius 1 is 1.47 bits per heavy atom. The van der Waals surface area contributed by atoms with Crippen molar-refractivity contribution in [2.75, 3.05) is 26.0 Å². The van der Waals surface area contributed by atoms with E-state index in [0.29, 0.717) is 5.82 Å². The largest absolute Gasteiger partial charge is 0.361 e. The van der Waals surface area contributed by atoms with Gasteiger partial charge in [0, 0.05) is 25.9 Å². The monoisotopic (exact) mass is 208 g/mol. The fraction of sp³-hybridized carbons (Fsp3) is 0.500. The van der Waals surface area contributed by atoms with Gasteiger partial charge in [-0.2, -0.15) is 0 Å². The summed E-state index contributed by atoms with van der Waals surface area (Å²) in [7, 11) is 3.45. The number of nitrogens with zero attached hydrogens (tertiary/aromatic N) is 3. The average molecular weight is 208 g/mol. The Bertz CT molecular complexity index is 338. The molecule has 0 atom stereocenters. The standard InChI is InChI=1S/C10H16N4O/c1-4-8-5-9(13-7-12-8)11-6-10(15)14(2)3/h5,7H,4,6H2,1-3H3,(H,11,12,13). The normalized spacial score (nSPS) is 9.80. The first-order chi connectivity index (χ1) is 7.13. The quantitative estimate of drug-likeness (QED) is 0.784. The van der Waals surface area contributed by atoms with Crippen LogP contribution < -0.4 is 5.32 Å². The van der Waals surface area contributed by atoms with Crippen LogP contribution in [0.1, 0.15) is 12.6 Å². The van der Waals surface area contributed by atoms with E-state index >= 15 is 0 Å². The van der Waals surface area contributed by atoms with Crippen molar-refractivity contribution in [1.29, 1.82) is 0 Å². The predicted molar refractivity (Wildman–Crippen MR) is 58.6 cm³/mol. The molecule has 0 bridgehead atoms. The van der Waals surface area contributed by atoms with Crippen LogP contribution in [0.3, 0.4) is 0 Å². The van der Waals surface area contributed by atoms with Crippen molar-refractivity contribution >= 4 is 11.7 Å². The van der Waals surface area contributed by atoms with Crippen LogP contribution in [-0.2, 0) is 11.2 Å². The van der Waals surface area contributed by atoms with E-state index in [1.165, 1.54) is 11.2 Å². The minimum absolute atomic E-state index is 0.0201. The van der Waals surface area contributed by atoms with Gasteiger partial charge in [0.2, 0.25) is 5.91 Å². The number of aromatic nitrogens is 2. The van der Waals surface area contributed by atoms with Crippen LogP contribution in [0.15, 0.2) is 12.4 Å². The summed E-state index contributed by atoms with van der Waals surface area (Å²) in [6, 6.07) is 1.85. The maximum absolute atomic E-state index is 11.3. The third-order valence-electron chi connectivity index (χ3n) is 2.01. The van der Waals surface area contributed by atoms with E-state index in [1.54, 1.807) is 14.1 Å². The molecule has 0 saturated heterocycles. The SMILES string of the molecule is CCc1cc(NCC(=O)N(C)C)ncn1. The molecule has 1 aromatic heterocycles. The minimum Gasteiger partial charge on any atom is -0.361 e.